The SMILES string of the molecule is Cc1cc(C)c(NC(=O)CN(C)CC(=O)NC(Cc2ccccc2)c2ccccc2)c(C)c1. The molecular weight excluding hydrogens is 410 g/mol. The van der Waals surface area contributed by atoms with E-state index in [0.29, 0.717) is 6.42 Å². The third-order valence-corrected chi connectivity index (χ3v) is 5.59. The van der Waals surface area contributed by atoms with Gasteiger partial charge in [0, 0.05) is 5.69 Å². The first-order valence-corrected chi connectivity index (χ1v) is 11.3. The lowest BCUT2D eigenvalue weighted by atomic mass is 9.99. The number of carbonyl (C=O) groups excluding carboxylic acids is 2. The Morgan fingerprint density at radius 1 is 0.818 bits per heavy atom. The Kier molecular flexibility index (Phi) is 8.39. The monoisotopic (exact) mass is 443 g/mol. The number of hydrogen-bond acceptors (Lipinski definition) is 3. The molecule has 2 amide bonds. The molecule has 0 aliphatic rings. The summed E-state index contributed by atoms with van der Waals surface area (Å²) in [4.78, 5) is 27.2. The molecule has 5 nitrogen and oxygen atoms in total. The van der Waals surface area contributed by atoms with Crippen molar-refractivity contribution in [2.24, 2.45) is 0 Å². The van der Waals surface area contributed by atoms with E-state index in [-0.39, 0.29) is 30.9 Å². The number of benzene rings is 3. The maximum absolute atomic E-state index is 12.8. The number of likely N-dealkylation sites (N-methyl/N-ethyl adjacent to an activating group) is 1. The average molecular weight is 444 g/mol. The summed E-state index contributed by atoms with van der Waals surface area (Å²) in [5.41, 5.74) is 6.29. The Balaban J connectivity index is 1.59. The lowest BCUT2D eigenvalue weighted by Crippen LogP contribution is -2.40. The molecule has 2 N–H and O–H groups in total. The van der Waals surface area contributed by atoms with Gasteiger partial charge in [0.1, 0.15) is 0 Å². The molecule has 3 rings (SSSR count). The number of hydrogen-bond donors (Lipinski definition) is 2. The van der Waals surface area contributed by atoms with Crippen LogP contribution in [-0.4, -0.2) is 36.9 Å². The minimum atomic E-state index is -0.138. The van der Waals surface area contributed by atoms with Gasteiger partial charge >= 0.3 is 0 Å². The number of nitrogens with one attached hydrogen (secondary N) is 2. The van der Waals surface area contributed by atoms with E-state index in [2.05, 4.69) is 34.9 Å². The molecule has 1 atom stereocenters. The van der Waals surface area contributed by atoms with Crippen LogP contribution in [0.15, 0.2) is 72.8 Å². The van der Waals surface area contributed by atoms with Gasteiger partial charge in [0.2, 0.25) is 11.8 Å². The first-order valence-electron chi connectivity index (χ1n) is 11.3. The second kappa shape index (κ2) is 11.4. The number of carbonyl (C=O) groups is 2. The summed E-state index contributed by atoms with van der Waals surface area (Å²) in [5.74, 6) is -0.248. The third kappa shape index (κ3) is 7.29. The van der Waals surface area contributed by atoms with Crippen LogP contribution in [0, 0.1) is 20.8 Å². The first-order chi connectivity index (χ1) is 15.8. The predicted molar refractivity (Wildman–Crippen MR) is 134 cm³/mol. The largest absolute Gasteiger partial charge is 0.348 e. The highest BCUT2D eigenvalue weighted by molar-refractivity contribution is 5.94. The van der Waals surface area contributed by atoms with Crippen LogP contribution in [0.1, 0.15) is 33.9 Å². The Bertz CT molecular complexity index is 1060. The molecule has 172 valence electrons. The van der Waals surface area contributed by atoms with Crippen LogP contribution >= 0.6 is 0 Å². The number of rotatable bonds is 9. The standard InChI is InChI=1S/C28H33N3O2/c1-20-15-21(2)28(22(3)16-20)30-27(33)19-31(4)18-26(32)29-25(24-13-9-6-10-14-24)17-23-11-7-5-8-12-23/h5-16,25H,17-19H2,1-4H3,(H,29,32)(H,30,33). The molecule has 3 aromatic carbocycles. The highest BCUT2D eigenvalue weighted by atomic mass is 16.2. The van der Waals surface area contributed by atoms with Crippen LogP contribution < -0.4 is 10.6 Å². The topological polar surface area (TPSA) is 61.4 Å². The quantitative estimate of drug-likeness (QED) is 0.509. The van der Waals surface area contributed by atoms with E-state index in [1.807, 2.05) is 69.3 Å². The third-order valence-electron chi connectivity index (χ3n) is 5.59. The molecule has 0 fully saturated rings. The van der Waals surface area contributed by atoms with Crippen molar-refractivity contribution in [2.45, 2.75) is 33.2 Å². The smallest absolute Gasteiger partial charge is 0.238 e. The maximum atomic E-state index is 12.8. The minimum absolute atomic E-state index is 0.113. The van der Waals surface area contributed by atoms with Crippen LogP contribution in [0.25, 0.3) is 0 Å². The zero-order valence-corrected chi connectivity index (χ0v) is 19.9. The van der Waals surface area contributed by atoms with Gasteiger partial charge in [-0.1, -0.05) is 78.4 Å². The molecular formula is C28H33N3O2. The number of aryl methyl sites for hydroxylation is 3. The van der Waals surface area contributed by atoms with Gasteiger partial charge in [-0.15, -0.1) is 0 Å². The fourth-order valence-corrected chi connectivity index (χ4v) is 4.13. The second-order valence-corrected chi connectivity index (χ2v) is 8.71. The van der Waals surface area contributed by atoms with Crippen LogP contribution in [0.2, 0.25) is 0 Å². The Labute approximate surface area is 196 Å². The van der Waals surface area contributed by atoms with E-state index >= 15 is 0 Å². The van der Waals surface area contributed by atoms with Crippen molar-refractivity contribution in [3.8, 4) is 0 Å². The first kappa shape index (κ1) is 24.2. The van der Waals surface area contributed by atoms with Crippen molar-refractivity contribution in [3.63, 3.8) is 0 Å². The molecule has 0 spiro atoms. The van der Waals surface area contributed by atoms with Gasteiger partial charge in [0.05, 0.1) is 19.1 Å². The molecule has 0 aromatic heterocycles. The maximum Gasteiger partial charge on any atom is 0.238 e. The van der Waals surface area contributed by atoms with E-state index in [9.17, 15) is 9.59 Å². The summed E-state index contributed by atoms with van der Waals surface area (Å²) >= 11 is 0. The normalized spacial score (nSPS) is 11.8. The summed E-state index contributed by atoms with van der Waals surface area (Å²) in [6.07, 6.45) is 0.701. The molecule has 0 aliphatic heterocycles. The Morgan fingerprint density at radius 3 is 1.97 bits per heavy atom. The zero-order valence-electron chi connectivity index (χ0n) is 19.9. The lowest BCUT2D eigenvalue weighted by Gasteiger charge is -2.22. The summed E-state index contributed by atoms with van der Waals surface area (Å²) in [6, 6.07) is 24.1. The highest BCUT2D eigenvalue weighted by Gasteiger charge is 2.18. The van der Waals surface area contributed by atoms with Crippen LogP contribution in [-0.2, 0) is 16.0 Å². The molecule has 0 heterocycles. The van der Waals surface area contributed by atoms with Crippen molar-refractivity contribution < 1.29 is 9.59 Å². The van der Waals surface area contributed by atoms with E-state index in [1.165, 1.54) is 5.56 Å². The number of nitrogens with zero attached hydrogens (tertiary/aromatic N) is 1. The molecule has 1 unspecified atom stereocenters. The van der Waals surface area contributed by atoms with Crippen LogP contribution in [0.5, 0.6) is 0 Å². The van der Waals surface area contributed by atoms with Gasteiger partial charge in [-0.3, -0.25) is 14.5 Å². The average Bonchev–Trinajstić information content (AvgIpc) is 2.77. The molecule has 5 heteroatoms. The molecule has 0 saturated carbocycles. The minimum Gasteiger partial charge on any atom is -0.348 e. The molecule has 0 aliphatic carbocycles. The highest BCUT2D eigenvalue weighted by Crippen LogP contribution is 2.22. The zero-order chi connectivity index (χ0) is 23.8. The van der Waals surface area contributed by atoms with E-state index < -0.39 is 0 Å². The summed E-state index contributed by atoms with van der Waals surface area (Å²) in [6.45, 7) is 6.29. The van der Waals surface area contributed by atoms with Gasteiger partial charge < -0.3 is 10.6 Å². The Morgan fingerprint density at radius 2 is 1.36 bits per heavy atom. The van der Waals surface area contributed by atoms with Gasteiger partial charge in [-0.25, -0.2) is 0 Å². The van der Waals surface area contributed by atoms with Gasteiger partial charge in [-0.2, -0.15) is 0 Å². The molecule has 0 saturated heterocycles. The van der Waals surface area contributed by atoms with Gasteiger partial charge in [0.25, 0.3) is 0 Å². The van der Waals surface area contributed by atoms with Crippen LogP contribution in [0.3, 0.4) is 0 Å². The number of anilines is 1. The summed E-state index contributed by atoms with van der Waals surface area (Å²) in [5, 5.41) is 6.14. The lowest BCUT2D eigenvalue weighted by molar-refractivity contribution is -0.123. The van der Waals surface area contributed by atoms with E-state index in [0.717, 1.165) is 27.9 Å². The van der Waals surface area contributed by atoms with Gasteiger partial charge in [0.15, 0.2) is 0 Å². The second-order valence-electron chi connectivity index (χ2n) is 8.71. The fraction of sp³-hybridized carbons (Fsp3) is 0.286. The number of amides is 2. The predicted octanol–water partition coefficient (Wildman–Crippen LogP) is 4.58. The van der Waals surface area contributed by atoms with E-state index in [4.69, 9.17) is 0 Å². The van der Waals surface area contributed by atoms with Crippen molar-refractivity contribution in [1.29, 1.82) is 0 Å². The Hall–Kier alpha value is -3.44. The fourth-order valence-electron chi connectivity index (χ4n) is 4.13. The molecule has 0 bridgehead atoms. The van der Waals surface area contributed by atoms with E-state index in [1.54, 1.807) is 11.9 Å². The summed E-state index contributed by atoms with van der Waals surface area (Å²) in [7, 11) is 1.78. The summed E-state index contributed by atoms with van der Waals surface area (Å²) < 4.78 is 0. The van der Waals surface area contributed by atoms with Crippen molar-refractivity contribution in [2.75, 3.05) is 25.5 Å². The molecule has 3 aromatic rings. The van der Waals surface area contributed by atoms with Crippen molar-refractivity contribution >= 4 is 17.5 Å². The molecule has 0 radical (unpaired) electrons. The van der Waals surface area contributed by atoms with Crippen LogP contribution in [0.4, 0.5) is 5.69 Å². The van der Waals surface area contributed by atoms with Crippen molar-refractivity contribution in [3.05, 3.63) is 101 Å². The van der Waals surface area contributed by atoms with Crippen molar-refractivity contribution in [1.82, 2.24) is 10.2 Å². The van der Waals surface area contributed by atoms with Gasteiger partial charge in [-0.05, 0) is 56.5 Å². The molecule has 33 heavy (non-hydrogen) atoms.